The van der Waals surface area contributed by atoms with Crippen molar-refractivity contribution in [2.45, 2.75) is 19.4 Å². The number of hydrogen-bond acceptors (Lipinski definition) is 3. The van der Waals surface area contributed by atoms with Crippen LogP contribution in [0.5, 0.6) is 11.5 Å². The van der Waals surface area contributed by atoms with E-state index in [1.54, 1.807) is 7.11 Å². The Balaban J connectivity index is 2.58. The first-order chi connectivity index (χ1) is 7.27. The maximum absolute atomic E-state index is 9.25. The summed E-state index contributed by atoms with van der Waals surface area (Å²) in [5, 5.41) is 9.25. The Morgan fingerprint density at radius 1 is 1.60 bits per heavy atom. The van der Waals surface area contributed by atoms with Crippen LogP contribution in [0, 0.1) is 0 Å². The lowest BCUT2D eigenvalue weighted by Gasteiger charge is -2.22. The van der Waals surface area contributed by atoms with Crippen molar-refractivity contribution >= 4 is 15.9 Å². The van der Waals surface area contributed by atoms with Crippen molar-refractivity contribution in [3.8, 4) is 11.5 Å². The number of ether oxygens (including phenoxy) is 2. The number of rotatable bonds is 2. The van der Waals surface area contributed by atoms with Gasteiger partial charge in [0.05, 0.1) is 24.8 Å². The molecule has 1 aliphatic rings. The molecule has 1 heterocycles. The van der Waals surface area contributed by atoms with Gasteiger partial charge < -0.3 is 14.6 Å². The van der Waals surface area contributed by atoms with Gasteiger partial charge in [0.15, 0.2) is 0 Å². The van der Waals surface area contributed by atoms with E-state index in [1.807, 2.05) is 6.07 Å². The molecule has 82 valence electrons. The summed E-state index contributed by atoms with van der Waals surface area (Å²) >= 11 is 3.50. The quantitative estimate of drug-likeness (QED) is 0.898. The van der Waals surface area contributed by atoms with Gasteiger partial charge in [-0.2, -0.15) is 0 Å². The Morgan fingerprint density at radius 3 is 3.07 bits per heavy atom. The number of hydrogen-bond donors (Lipinski definition) is 1. The monoisotopic (exact) mass is 272 g/mol. The Hall–Kier alpha value is -0.740. The smallest absolute Gasteiger partial charge is 0.133 e. The average molecular weight is 273 g/mol. The highest BCUT2D eigenvalue weighted by molar-refractivity contribution is 9.10. The van der Waals surface area contributed by atoms with Crippen LogP contribution in [-0.2, 0) is 13.0 Å². The first-order valence-corrected chi connectivity index (χ1v) is 5.69. The number of methoxy groups -OCH3 is 1. The Labute approximate surface area is 97.1 Å². The van der Waals surface area contributed by atoms with Crippen LogP contribution in [0.25, 0.3) is 0 Å². The molecule has 1 aromatic rings. The molecule has 3 nitrogen and oxygen atoms in total. The third-order valence-electron chi connectivity index (χ3n) is 2.56. The van der Waals surface area contributed by atoms with Gasteiger partial charge >= 0.3 is 0 Å². The SMILES string of the molecule is COc1cc(CO)c2c(c1Br)CCCO2. The van der Waals surface area contributed by atoms with E-state index in [2.05, 4.69) is 15.9 Å². The molecule has 0 saturated carbocycles. The summed E-state index contributed by atoms with van der Waals surface area (Å²) < 4.78 is 11.8. The summed E-state index contributed by atoms with van der Waals surface area (Å²) in [5.41, 5.74) is 1.90. The molecule has 1 aromatic carbocycles. The van der Waals surface area contributed by atoms with Crippen molar-refractivity contribution in [2.24, 2.45) is 0 Å². The van der Waals surface area contributed by atoms with Crippen LogP contribution in [0.4, 0.5) is 0 Å². The van der Waals surface area contributed by atoms with Gasteiger partial charge in [0.1, 0.15) is 11.5 Å². The van der Waals surface area contributed by atoms with Crippen molar-refractivity contribution in [1.82, 2.24) is 0 Å². The average Bonchev–Trinajstić information content (AvgIpc) is 2.30. The fourth-order valence-electron chi connectivity index (χ4n) is 1.82. The molecule has 0 bridgehead atoms. The Kier molecular flexibility index (Phi) is 3.17. The van der Waals surface area contributed by atoms with Gasteiger partial charge in [-0.25, -0.2) is 0 Å². The van der Waals surface area contributed by atoms with Crippen LogP contribution >= 0.6 is 15.9 Å². The fourth-order valence-corrected chi connectivity index (χ4v) is 2.48. The molecule has 0 saturated heterocycles. The van der Waals surface area contributed by atoms with Gasteiger partial charge in [0, 0.05) is 11.1 Å². The van der Waals surface area contributed by atoms with E-state index in [0.29, 0.717) is 0 Å². The predicted molar refractivity (Wildman–Crippen MR) is 60.4 cm³/mol. The van der Waals surface area contributed by atoms with Crippen LogP contribution in [0.3, 0.4) is 0 Å². The molecule has 4 heteroatoms. The number of aliphatic hydroxyl groups excluding tert-OH is 1. The molecular formula is C11H13BrO3. The predicted octanol–water partition coefficient (Wildman–Crippen LogP) is 2.28. The number of aliphatic hydroxyl groups is 1. The van der Waals surface area contributed by atoms with Crippen LogP contribution in [0.15, 0.2) is 10.5 Å². The first kappa shape index (κ1) is 10.8. The highest BCUT2D eigenvalue weighted by Crippen LogP contribution is 2.40. The Bertz CT molecular complexity index is 377. The molecule has 0 unspecified atom stereocenters. The largest absolute Gasteiger partial charge is 0.496 e. The summed E-state index contributed by atoms with van der Waals surface area (Å²) in [4.78, 5) is 0. The maximum atomic E-state index is 9.25. The summed E-state index contributed by atoms with van der Waals surface area (Å²) in [6.45, 7) is 0.699. The highest BCUT2D eigenvalue weighted by atomic mass is 79.9. The molecule has 0 aromatic heterocycles. The molecule has 0 amide bonds. The van der Waals surface area contributed by atoms with Gasteiger partial charge in [-0.3, -0.25) is 0 Å². The van der Waals surface area contributed by atoms with Gasteiger partial charge in [-0.15, -0.1) is 0 Å². The standard InChI is InChI=1S/C11H13BrO3/c1-14-9-5-7(6-13)11-8(10(9)12)3-2-4-15-11/h5,13H,2-4,6H2,1H3. The van der Waals surface area contributed by atoms with Crippen molar-refractivity contribution in [2.75, 3.05) is 13.7 Å². The molecular weight excluding hydrogens is 260 g/mol. The first-order valence-electron chi connectivity index (χ1n) is 4.89. The number of halogens is 1. The zero-order valence-electron chi connectivity index (χ0n) is 8.55. The van der Waals surface area contributed by atoms with E-state index in [-0.39, 0.29) is 6.61 Å². The highest BCUT2D eigenvalue weighted by Gasteiger charge is 2.20. The molecule has 0 spiro atoms. The lowest BCUT2D eigenvalue weighted by atomic mass is 10.0. The number of benzene rings is 1. The zero-order valence-corrected chi connectivity index (χ0v) is 10.1. The van der Waals surface area contributed by atoms with E-state index in [1.165, 1.54) is 0 Å². The van der Waals surface area contributed by atoms with Crippen molar-refractivity contribution in [3.63, 3.8) is 0 Å². The number of fused-ring (bicyclic) bond motifs is 1. The summed E-state index contributed by atoms with van der Waals surface area (Å²) in [5.74, 6) is 1.57. The zero-order chi connectivity index (χ0) is 10.8. The molecule has 0 fully saturated rings. The summed E-state index contributed by atoms with van der Waals surface area (Å²) in [6.07, 6.45) is 1.96. The van der Waals surface area contributed by atoms with Crippen molar-refractivity contribution in [3.05, 3.63) is 21.7 Å². The summed E-state index contributed by atoms with van der Waals surface area (Å²) in [7, 11) is 1.62. The topological polar surface area (TPSA) is 38.7 Å². The molecule has 0 radical (unpaired) electrons. The molecule has 0 aliphatic carbocycles. The minimum absolute atomic E-state index is 0.0219. The van der Waals surface area contributed by atoms with Crippen molar-refractivity contribution in [1.29, 1.82) is 0 Å². The molecule has 0 atom stereocenters. The van der Waals surface area contributed by atoms with Gasteiger partial charge in [-0.05, 0) is 34.8 Å². The van der Waals surface area contributed by atoms with E-state index in [9.17, 15) is 5.11 Å². The van der Waals surface area contributed by atoms with Crippen LogP contribution in [0.2, 0.25) is 0 Å². The lowest BCUT2D eigenvalue weighted by molar-refractivity contribution is 0.250. The Morgan fingerprint density at radius 2 is 2.40 bits per heavy atom. The van der Waals surface area contributed by atoms with Crippen molar-refractivity contribution < 1.29 is 14.6 Å². The molecule has 1 aliphatic heterocycles. The van der Waals surface area contributed by atoms with Crippen LogP contribution < -0.4 is 9.47 Å². The third kappa shape index (κ3) is 1.84. The second kappa shape index (κ2) is 4.41. The second-order valence-electron chi connectivity index (χ2n) is 3.47. The van der Waals surface area contributed by atoms with E-state index in [4.69, 9.17) is 9.47 Å². The molecule has 1 N–H and O–H groups in total. The van der Waals surface area contributed by atoms with Crippen LogP contribution in [-0.4, -0.2) is 18.8 Å². The minimum Gasteiger partial charge on any atom is -0.496 e. The van der Waals surface area contributed by atoms with E-state index < -0.39 is 0 Å². The van der Waals surface area contributed by atoms with E-state index in [0.717, 1.165) is 46.5 Å². The minimum atomic E-state index is -0.0219. The lowest BCUT2D eigenvalue weighted by Crippen LogP contribution is -2.11. The maximum Gasteiger partial charge on any atom is 0.133 e. The fraction of sp³-hybridized carbons (Fsp3) is 0.455. The summed E-state index contributed by atoms with van der Waals surface area (Å²) in [6, 6.07) is 1.81. The third-order valence-corrected chi connectivity index (χ3v) is 3.43. The molecule has 15 heavy (non-hydrogen) atoms. The van der Waals surface area contributed by atoms with Gasteiger partial charge in [0.25, 0.3) is 0 Å². The van der Waals surface area contributed by atoms with Gasteiger partial charge in [-0.1, -0.05) is 0 Å². The van der Waals surface area contributed by atoms with Crippen LogP contribution in [0.1, 0.15) is 17.5 Å². The van der Waals surface area contributed by atoms with E-state index >= 15 is 0 Å². The second-order valence-corrected chi connectivity index (χ2v) is 4.26. The van der Waals surface area contributed by atoms with Gasteiger partial charge in [0.2, 0.25) is 0 Å². The molecule has 2 rings (SSSR count). The normalized spacial score (nSPS) is 14.3.